The summed E-state index contributed by atoms with van der Waals surface area (Å²) < 4.78 is 0. The fraction of sp³-hybridized carbons (Fsp3) is 0.417. The topological polar surface area (TPSA) is 24.9 Å². The quantitative estimate of drug-likeness (QED) is 0.578. The van der Waals surface area contributed by atoms with Crippen LogP contribution in [0.15, 0.2) is 24.5 Å². The normalized spacial score (nSPS) is 11.6. The molecule has 0 amide bonds. The molecule has 14 heavy (non-hydrogen) atoms. The van der Waals surface area contributed by atoms with Crippen LogP contribution in [0.3, 0.4) is 0 Å². The van der Waals surface area contributed by atoms with Gasteiger partial charge in [-0.15, -0.1) is 11.8 Å². The molecular formula is C12H16N2. The molecule has 0 aromatic carbocycles. The molecule has 0 unspecified atom stereocenters. The molecule has 0 aliphatic rings. The summed E-state index contributed by atoms with van der Waals surface area (Å²) in [5.41, 5.74) is 1.22. The fourth-order valence-corrected chi connectivity index (χ4v) is 1.23. The fourth-order valence-electron chi connectivity index (χ4n) is 1.23. The van der Waals surface area contributed by atoms with E-state index in [0.29, 0.717) is 6.04 Å². The molecule has 1 atom stereocenters. The van der Waals surface area contributed by atoms with Gasteiger partial charge >= 0.3 is 0 Å². The third-order valence-electron chi connectivity index (χ3n) is 2.06. The van der Waals surface area contributed by atoms with Crippen molar-refractivity contribution in [2.45, 2.75) is 26.3 Å². The minimum atomic E-state index is 0.349. The van der Waals surface area contributed by atoms with Gasteiger partial charge in [0.2, 0.25) is 0 Å². The molecule has 0 fully saturated rings. The van der Waals surface area contributed by atoms with Crippen molar-refractivity contribution in [1.82, 2.24) is 10.3 Å². The second-order valence-electron chi connectivity index (χ2n) is 3.14. The van der Waals surface area contributed by atoms with E-state index in [1.807, 2.05) is 19.2 Å². The predicted molar refractivity (Wildman–Crippen MR) is 58.7 cm³/mol. The van der Waals surface area contributed by atoms with E-state index in [1.165, 1.54) is 5.56 Å². The Bertz CT molecular complexity index is 308. The number of rotatable bonds is 4. The van der Waals surface area contributed by atoms with E-state index < -0.39 is 0 Å². The van der Waals surface area contributed by atoms with Crippen LogP contribution in [0.1, 0.15) is 31.9 Å². The van der Waals surface area contributed by atoms with Gasteiger partial charge in [-0.25, -0.2) is 0 Å². The molecule has 1 aromatic rings. The van der Waals surface area contributed by atoms with Crippen molar-refractivity contribution in [2.24, 2.45) is 0 Å². The van der Waals surface area contributed by atoms with Crippen molar-refractivity contribution in [3.8, 4) is 11.8 Å². The van der Waals surface area contributed by atoms with Crippen LogP contribution >= 0.6 is 0 Å². The van der Waals surface area contributed by atoms with Crippen LogP contribution in [0.4, 0.5) is 0 Å². The maximum absolute atomic E-state index is 4.08. The van der Waals surface area contributed by atoms with Gasteiger partial charge in [-0.3, -0.25) is 4.98 Å². The molecule has 74 valence electrons. The molecule has 2 nitrogen and oxygen atoms in total. The molecule has 1 heterocycles. The van der Waals surface area contributed by atoms with Gasteiger partial charge in [0.1, 0.15) is 0 Å². The van der Waals surface area contributed by atoms with Crippen molar-refractivity contribution < 1.29 is 0 Å². The number of aromatic nitrogens is 1. The lowest BCUT2D eigenvalue weighted by Crippen LogP contribution is -2.19. The Balaban J connectivity index is 2.34. The zero-order valence-electron chi connectivity index (χ0n) is 8.75. The summed E-state index contributed by atoms with van der Waals surface area (Å²) in [5, 5.41) is 3.39. The third-order valence-corrected chi connectivity index (χ3v) is 2.06. The third kappa shape index (κ3) is 3.59. The van der Waals surface area contributed by atoms with Crippen LogP contribution in [-0.2, 0) is 0 Å². The van der Waals surface area contributed by atoms with Crippen molar-refractivity contribution >= 4 is 0 Å². The van der Waals surface area contributed by atoms with Gasteiger partial charge in [0, 0.05) is 31.4 Å². The first-order valence-corrected chi connectivity index (χ1v) is 4.87. The van der Waals surface area contributed by atoms with E-state index in [-0.39, 0.29) is 0 Å². The first-order valence-electron chi connectivity index (χ1n) is 4.87. The summed E-state index contributed by atoms with van der Waals surface area (Å²) in [4.78, 5) is 4.08. The number of nitrogens with zero attached hydrogens (tertiary/aromatic N) is 1. The standard InChI is InChI=1S/C12H16N2/c1-3-4-5-9-14-11(2)12-7-6-8-13-10-12/h6-8,10-11,14H,5,9H2,1-2H3/t11-/m0/s1. The van der Waals surface area contributed by atoms with Crippen molar-refractivity contribution in [2.75, 3.05) is 6.54 Å². The van der Waals surface area contributed by atoms with Crippen LogP contribution in [0.25, 0.3) is 0 Å². The summed E-state index contributed by atoms with van der Waals surface area (Å²) in [6.07, 6.45) is 4.59. The van der Waals surface area contributed by atoms with Gasteiger partial charge < -0.3 is 5.32 Å². The number of nitrogens with one attached hydrogen (secondary N) is 1. The zero-order valence-corrected chi connectivity index (χ0v) is 8.75. The number of hydrogen-bond donors (Lipinski definition) is 1. The molecule has 0 radical (unpaired) electrons. The Morgan fingerprint density at radius 2 is 2.43 bits per heavy atom. The van der Waals surface area contributed by atoms with E-state index in [2.05, 4.69) is 35.1 Å². The maximum atomic E-state index is 4.08. The maximum Gasteiger partial charge on any atom is 0.0315 e. The van der Waals surface area contributed by atoms with Gasteiger partial charge in [-0.2, -0.15) is 0 Å². The first-order chi connectivity index (χ1) is 6.84. The molecular weight excluding hydrogens is 172 g/mol. The Hall–Kier alpha value is -1.33. The highest BCUT2D eigenvalue weighted by Gasteiger charge is 2.02. The van der Waals surface area contributed by atoms with Crippen LogP contribution in [0, 0.1) is 11.8 Å². The Morgan fingerprint density at radius 1 is 1.57 bits per heavy atom. The number of hydrogen-bond acceptors (Lipinski definition) is 2. The highest BCUT2D eigenvalue weighted by Crippen LogP contribution is 2.08. The average Bonchev–Trinajstić information content (AvgIpc) is 2.25. The Kier molecular flexibility index (Phi) is 4.74. The van der Waals surface area contributed by atoms with E-state index in [4.69, 9.17) is 0 Å². The molecule has 0 bridgehead atoms. The molecule has 0 aliphatic carbocycles. The van der Waals surface area contributed by atoms with Gasteiger partial charge in [0.15, 0.2) is 0 Å². The summed E-state index contributed by atoms with van der Waals surface area (Å²) in [5.74, 6) is 5.91. The van der Waals surface area contributed by atoms with Crippen LogP contribution in [-0.4, -0.2) is 11.5 Å². The minimum Gasteiger partial charge on any atom is -0.309 e. The highest BCUT2D eigenvalue weighted by molar-refractivity contribution is 5.12. The van der Waals surface area contributed by atoms with E-state index >= 15 is 0 Å². The Labute approximate surface area is 85.8 Å². The van der Waals surface area contributed by atoms with Gasteiger partial charge in [-0.05, 0) is 25.5 Å². The van der Waals surface area contributed by atoms with Crippen molar-refractivity contribution in [1.29, 1.82) is 0 Å². The van der Waals surface area contributed by atoms with Crippen LogP contribution in [0.2, 0.25) is 0 Å². The minimum absolute atomic E-state index is 0.349. The summed E-state index contributed by atoms with van der Waals surface area (Å²) in [6.45, 7) is 4.93. The zero-order chi connectivity index (χ0) is 10.2. The molecule has 1 rings (SSSR count). The Morgan fingerprint density at radius 3 is 3.07 bits per heavy atom. The summed E-state index contributed by atoms with van der Waals surface area (Å²) in [7, 11) is 0. The monoisotopic (exact) mass is 188 g/mol. The van der Waals surface area contributed by atoms with Crippen LogP contribution in [0.5, 0.6) is 0 Å². The average molecular weight is 188 g/mol. The predicted octanol–water partition coefficient (Wildman–Crippen LogP) is 2.15. The molecule has 0 spiro atoms. The van der Waals surface area contributed by atoms with Gasteiger partial charge in [0.05, 0.1) is 0 Å². The lowest BCUT2D eigenvalue weighted by atomic mass is 10.1. The first kappa shape index (κ1) is 10.7. The lowest BCUT2D eigenvalue weighted by Gasteiger charge is -2.12. The summed E-state index contributed by atoms with van der Waals surface area (Å²) >= 11 is 0. The van der Waals surface area contributed by atoms with Gasteiger partial charge in [-0.1, -0.05) is 6.07 Å². The van der Waals surface area contributed by atoms with Crippen LogP contribution < -0.4 is 5.32 Å². The van der Waals surface area contributed by atoms with Crippen molar-refractivity contribution in [3.63, 3.8) is 0 Å². The largest absolute Gasteiger partial charge is 0.309 e. The van der Waals surface area contributed by atoms with E-state index in [1.54, 1.807) is 6.20 Å². The summed E-state index contributed by atoms with van der Waals surface area (Å²) in [6, 6.07) is 4.39. The second kappa shape index (κ2) is 6.17. The molecule has 1 aromatic heterocycles. The SMILES string of the molecule is CC#CCCN[C@@H](C)c1cccnc1. The smallest absolute Gasteiger partial charge is 0.0315 e. The van der Waals surface area contributed by atoms with E-state index in [9.17, 15) is 0 Å². The van der Waals surface area contributed by atoms with E-state index in [0.717, 1.165) is 13.0 Å². The molecule has 0 saturated heterocycles. The number of pyridine rings is 1. The molecule has 0 aliphatic heterocycles. The molecule has 2 heteroatoms. The second-order valence-corrected chi connectivity index (χ2v) is 3.14. The van der Waals surface area contributed by atoms with Gasteiger partial charge in [0.25, 0.3) is 0 Å². The molecule has 1 N–H and O–H groups in total. The highest BCUT2D eigenvalue weighted by atomic mass is 14.9. The van der Waals surface area contributed by atoms with Crippen molar-refractivity contribution in [3.05, 3.63) is 30.1 Å². The molecule has 0 saturated carbocycles. The lowest BCUT2D eigenvalue weighted by molar-refractivity contribution is 0.582.